The molecule has 1 fully saturated rings. The first-order valence-corrected chi connectivity index (χ1v) is 9.55. The zero-order valence-corrected chi connectivity index (χ0v) is 16.4. The average molecular weight is 411 g/mol. The Morgan fingerprint density at radius 1 is 0.967 bits per heavy atom. The van der Waals surface area contributed by atoms with Crippen LogP contribution in [0.5, 0.6) is 17.2 Å². The number of carbonyl (C=O) groups is 3. The van der Waals surface area contributed by atoms with E-state index in [9.17, 15) is 14.4 Å². The highest BCUT2D eigenvalue weighted by Gasteiger charge is 2.25. The summed E-state index contributed by atoms with van der Waals surface area (Å²) in [5.74, 6) is -0.0624. The third-order valence-corrected chi connectivity index (χ3v) is 4.81. The Hall–Kier alpha value is -3.75. The Morgan fingerprint density at radius 3 is 2.30 bits per heavy atom. The van der Waals surface area contributed by atoms with Gasteiger partial charge in [0.05, 0.1) is 12.8 Å². The van der Waals surface area contributed by atoms with Crippen LogP contribution >= 0.6 is 0 Å². The van der Waals surface area contributed by atoms with E-state index in [0.29, 0.717) is 60.5 Å². The standard InChI is InChI=1S/C21H21N3O6/c1-28-16-6-4-13(11-15(16)24-8-2-3-19(24)25)22-20(26)21(27)23-14-5-7-17-18(12-14)30-10-9-29-17/h4-7,11-12H,2-3,8-10H2,1H3,(H,22,26)(H,23,27). The van der Waals surface area contributed by atoms with Crippen LogP contribution < -0.4 is 29.7 Å². The highest BCUT2D eigenvalue weighted by molar-refractivity contribution is 6.43. The maximum absolute atomic E-state index is 12.4. The first-order valence-electron chi connectivity index (χ1n) is 9.55. The number of amides is 3. The second kappa shape index (κ2) is 8.32. The van der Waals surface area contributed by atoms with Gasteiger partial charge in [-0.05, 0) is 36.8 Å². The number of methoxy groups -OCH3 is 1. The molecule has 0 saturated carbocycles. The first-order chi connectivity index (χ1) is 14.5. The summed E-state index contributed by atoms with van der Waals surface area (Å²) in [6.45, 7) is 1.47. The summed E-state index contributed by atoms with van der Waals surface area (Å²) in [5, 5.41) is 5.09. The van der Waals surface area contributed by atoms with E-state index < -0.39 is 11.8 Å². The fraction of sp³-hybridized carbons (Fsp3) is 0.286. The number of nitrogens with zero attached hydrogens (tertiary/aromatic N) is 1. The van der Waals surface area contributed by atoms with Gasteiger partial charge in [0.2, 0.25) is 5.91 Å². The quantitative estimate of drug-likeness (QED) is 0.747. The minimum Gasteiger partial charge on any atom is -0.495 e. The van der Waals surface area contributed by atoms with E-state index in [1.165, 1.54) is 7.11 Å². The molecule has 9 nitrogen and oxygen atoms in total. The molecule has 2 aliphatic rings. The molecule has 30 heavy (non-hydrogen) atoms. The van der Waals surface area contributed by atoms with Crippen LogP contribution in [0.2, 0.25) is 0 Å². The summed E-state index contributed by atoms with van der Waals surface area (Å²) < 4.78 is 16.2. The van der Waals surface area contributed by atoms with E-state index in [1.54, 1.807) is 41.3 Å². The van der Waals surface area contributed by atoms with E-state index in [4.69, 9.17) is 14.2 Å². The summed E-state index contributed by atoms with van der Waals surface area (Å²) in [4.78, 5) is 38.4. The van der Waals surface area contributed by atoms with Gasteiger partial charge in [-0.1, -0.05) is 0 Å². The molecule has 0 spiro atoms. The van der Waals surface area contributed by atoms with Gasteiger partial charge in [-0.2, -0.15) is 0 Å². The second-order valence-corrected chi connectivity index (χ2v) is 6.80. The number of benzene rings is 2. The molecular weight excluding hydrogens is 390 g/mol. The van der Waals surface area contributed by atoms with Crippen LogP contribution in [0.25, 0.3) is 0 Å². The summed E-state index contributed by atoms with van der Waals surface area (Å²) in [7, 11) is 1.51. The number of hydrogen-bond acceptors (Lipinski definition) is 6. The van der Waals surface area contributed by atoms with Gasteiger partial charge in [0.1, 0.15) is 19.0 Å². The van der Waals surface area contributed by atoms with Crippen LogP contribution in [0.1, 0.15) is 12.8 Å². The van der Waals surface area contributed by atoms with Crippen molar-refractivity contribution in [1.82, 2.24) is 0 Å². The second-order valence-electron chi connectivity index (χ2n) is 6.80. The Bertz CT molecular complexity index is 1010. The van der Waals surface area contributed by atoms with Crippen LogP contribution in [0.15, 0.2) is 36.4 Å². The Labute approximate surface area is 172 Å². The third-order valence-electron chi connectivity index (χ3n) is 4.81. The zero-order chi connectivity index (χ0) is 21.1. The van der Waals surface area contributed by atoms with Crippen LogP contribution in [0.3, 0.4) is 0 Å². The molecule has 0 atom stereocenters. The van der Waals surface area contributed by atoms with Crippen molar-refractivity contribution in [2.45, 2.75) is 12.8 Å². The lowest BCUT2D eigenvalue weighted by atomic mass is 10.2. The smallest absolute Gasteiger partial charge is 0.314 e. The number of nitrogens with one attached hydrogen (secondary N) is 2. The van der Waals surface area contributed by atoms with Crippen LogP contribution in [-0.2, 0) is 14.4 Å². The molecule has 0 unspecified atom stereocenters. The molecule has 0 aromatic heterocycles. The SMILES string of the molecule is COc1ccc(NC(=O)C(=O)Nc2ccc3c(c2)OCCO3)cc1N1CCCC1=O. The topological polar surface area (TPSA) is 106 Å². The van der Waals surface area contributed by atoms with Gasteiger partial charge in [-0.25, -0.2) is 0 Å². The minimum absolute atomic E-state index is 0.00636. The Morgan fingerprint density at radius 2 is 1.63 bits per heavy atom. The molecule has 9 heteroatoms. The number of hydrogen-bond donors (Lipinski definition) is 2. The molecule has 2 N–H and O–H groups in total. The van der Waals surface area contributed by atoms with Crippen molar-refractivity contribution in [3.8, 4) is 17.2 Å². The predicted octanol–water partition coefficient (Wildman–Crippen LogP) is 2.17. The molecule has 1 saturated heterocycles. The zero-order valence-electron chi connectivity index (χ0n) is 16.4. The van der Waals surface area contributed by atoms with Gasteiger partial charge in [0, 0.05) is 30.4 Å². The van der Waals surface area contributed by atoms with Gasteiger partial charge in [-0.3, -0.25) is 14.4 Å². The number of carbonyl (C=O) groups excluding carboxylic acids is 3. The maximum Gasteiger partial charge on any atom is 0.314 e. The number of ether oxygens (including phenoxy) is 3. The predicted molar refractivity (Wildman–Crippen MR) is 109 cm³/mol. The van der Waals surface area contributed by atoms with E-state index in [1.807, 2.05) is 0 Å². The van der Waals surface area contributed by atoms with Crippen molar-refractivity contribution in [2.75, 3.05) is 42.4 Å². The summed E-state index contributed by atoms with van der Waals surface area (Å²) in [5.41, 5.74) is 1.36. The van der Waals surface area contributed by atoms with Crippen molar-refractivity contribution in [3.63, 3.8) is 0 Å². The number of anilines is 3. The maximum atomic E-state index is 12.4. The lowest BCUT2D eigenvalue weighted by Crippen LogP contribution is -2.29. The summed E-state index contributed by atoms with van der Waals surface area (Å²) in [6, 6.07) is 9.78. The molecule has 156 valence electrons. The largest absolute Gasteiger partial charge is 0.495 e. The molecule has 3 amide bonds. The fourth-order valence-electron chi connectivity index (χ4n) is 3.38. The van der Waals surface area contributed by atoms with Crippen molar-refractivity contribution in [3.05, 3.63) is 36.4 Å². The highest BCUT2D eigenvalue weighted by Crippen LogP contribution is 2.34. The summed E-state index contributed by atoms with van der Waals surface area (Å²) >= 11 is 0. The molecule has 0 aliphatic carbocycles. The fourth-order valence-corrected chi connectivity index (χ4v) is 3.38. The number of fused-ring (bicyclic) bond motifs is 1. The van der Waals surface area contributed by atoms with Crippen LogP contribution in [-0.4, -0.2) is 44.6 Å². The Balaban J connectivity index is 1.45. The molecule has 4 rings (SSSR count). The van der Waals surface area contributed by atoms with E-state index >= 15 is 0 Å². The molecule has 0 bridgehead atoms. The van der Waals surface area contributed by atoms with E-state index in [-0.39, 0.29) is 5.91 Å². The Kier molecular flexibility index (Phi) is 5.42. The lowest BCUT2D eigenvalue weighted by Gasteiger charge is -2.20. The van der Waals surface area contributed by atoms with E-state index in [2.05, 4.69) is 10.6 Å². The van der Waals surface area contributed by atoms with Gasteiger partial charge in [0.25, 0.3) is 0 Å². The molecule has 2 aliphatic heterocycles. The first kappa shape index (κ1) is 19.6. The molecule has 2 aromatic carbocycles. The van der Waals surface area contributed by atoms with Crippen molar-refractivity contribution in [1.29, 1.82) is 0 Å². The molecular formula is C21H21N3O6. The van der Waals surface area contributed by atoms with Crippen molar-refractivity contribution < 1.29 is 28.6 Å². The van der Waals surface area contributed by atoms with Gasteiger partial charge >= 0.3 is 11.8 Å². The van der Waals surface area contributed by atoms with E-state index in [0.717, 1.165) is 6.42 Å². The third kappa shape index (κ3) is 4.00. The monoisotopic (exact) mass is 411 g/mol. The van der Waals surface area contributed by atoms with Gasteiger partial charge in [0.15, 0.2) is 11.5 Å². The summed E-state index contributed by atoms with van der Waals surface area (Å²) in [6.07, 6.45) is 1.23. The average Bonchev–Trinajstić information content (AvgIpc) is 3.19. The molecule has 0 radical (unpaired) electrons. The van der Waals surface area contributed by atoms with Gasteiger partial charge in [-0.15, -0.1) is 0 Å². The van der Waals surface area contributed by atoms with Crippen LogP contribution in [0, 0.1) is 0 Å². The lowest BCUT2D eigenvalue weighted by molar-refractivity contribution is -0.133. The minimum atomic E-state index is -0.839. The number of rotatable bonds is 4. The van der Waals surface area contributed by atoms with Crippen molar-refractivity contribution >= 4 is 34.8 Å². The molecule has 2 heterocycles. The van der Waals surface area contributed by atoms with Gasteiger partial charge < -0.3 is 29.7 Å². The highest BCUT2D eigenvalue weighted by atomic mass is 16.6. The van der Waals surface area contributed by atoms with Crippen molar-refractivity contribution in [2.24, 2.45) is 0 Å². The normalized spacial score (nSPS) is 15.0. The molecule has 2 aromatic rings. The van der Waals surface area contributed by atoms with Crippen LogP contribution in [0.4, 0.5) is 17.1 Å².